The quantitative estimate of drug-likeness (QED) is 0.0501. The maximum atomic E-state index is 11.3. The smallest absolute Gasteiger partial charge is 0.547 e. The topological polar surface area (TPSA) is 139 Å². The number of hydrogen-bond acceptors (Lipinski definition) is 8. The molecule has 0 spiro atoms. The number of benzene rings is 2. The third-order valence-corrected chi connectivity index (χ3v) is 10.9. The first kappa shape index (κ1) is 57.8. The maximum absolute atomic E-state index is 11.3. The summed E-state index contributed by atoms with van der Waals surface area (Å²) < 4.78 is 11.0. The van der Waals surface area contributed by atoms with Crippen LogP contribution in [0, 0.1) is 0 Å². The number of carbonyl (C=O) groups is 2. The van der Waals surface area contributed by atoms with Crippen LogP contribution >= 0.6 is 0 Å². The molecular formula is C50H82BaO8. The number of carboxylic acids is 2. The first-order valence-electron chi connectivity index (χ1n) is 23.4. The molecule has 4 unspecified atom stereocenters. The molecule has 0 aromatic heterocycles. The molecule has 4 atom stereocenters. The molecule has 0 heterocycles. The average Bonchev–Trinajstić information content (AvgIpc) is 3.22. The van der Waals surface area contributed by atoms with E-state index in [0.717, 1.165) is 101 Å². The van der Waals surface area contributed by atoms with E-state index >= 15 is 0 Å². The molecule has 2 aromatic carbocycles. The van der Waals surface area contributed by atoms with Gasteiger partial charge in [-0.05, 0) is 49.7 Å². The zero-order chi connectivity index (χ0) is 42.3. The second-order valence-electron chi connectivity index (χ2n) is 16.3. The molecule has 9 heteroatoms. The van der Waals surface area contributed by atoms with Crippen LogP contribution in [-0.2, 0) is 32.3 Å². The van der Waals surface area contributed by atoms with Crippen LogP contribution in [0.2, 0.25) is 0 Å². The molecule has 2 N–H and O–H groups in total. The van der Waals surface area contributed by atoms with Crippen LogP contribution < -0.4 is 10.2 Å². The molecule has 0 aliphatic heterocycles. The van der Waals surface area contributed by atoms with Gasteiger partial charge in [-0.3, -0.25) is 0 Å². The summed E-state index contributed by atoms with van der Waals surface area (Å²) in [6, 6.07) is 19.2. The van der Waals surface area contributed by atoms with E-state index in [1.807, 2.05) is 60.7 Å². The molecule has 0 radical (unpaired) electrons. The number of hydrogen-bond donors (Lipinski definition) is 2. The first-order chi connectivity index (χ1) is 28.3. The van der Waals surface area contributed by atoms with E-state index in [1.54, 1.807) is 0 Å². The van der Waals surface area contributed by atoms with Gasteiger partial charge in [-0.15, -0.1) is 0 Å². The standard InChI is InChI=1S/2C25H42O4.Ba/c2*1-2-3-4-5-6-7-13-18-23(26)19-14-8-9-15-20-24(25(27)28)29-21-22-16-11-10-12-17-22;/h2*10-12,16-17,23-24,26H,2-9,13-15,18-21H2,1H3,(H,27,28);/q;;+2/p-2. The van der Waals surface area contributed by atoms with E-state index in [9.17, 15) is 30.0 Å². The summed E-state index contributed by atoms with van der Waals surface area (Å²) >= 11 is 0. The summed E-state index contributed by atoms with van der Waals surface area (Å²) in [4.78, 5) is 22.5. The molecule has 0 aliphatic rings. The van der Waals surface area contributed by atoms with Gasteiger partial charge in [-0.2, -0.15) is 0 Å². The summed E-state index contributed by atoms with van der Waals surface area (Å²) in [5.74, 6) is -2.27. The van der Waals surface area contributed by atoms with Crippen LogP contribution in [0.1, 0.15) is 205 Å². The van der Waals surface area contributed by atoms with Gasteiger partial charge in [0.15, 0.2) is 0 Å². The Labute approximate surface area is 400 Å². The second kappa shape index (κ2) is 42.1. The SMILES string of the molecule is CCCCCCCCCC(O)CCCCCCC(OCc1ccccc1)C(=O)[O-].CCCCCCCCCC(O)CCCCCCC(OCc1ccccc1)C(=O)[O-].[Ba+2]. The Morgan fingerprint density at radius 3 is 0.966 bits per heavy atom. The minimum atomic E-state index is -1.13. The minimum Gasteiger partial charge on any atom is -0.547 e. The molecule has 0 amide bonds. The number of aliphatic hydroxyl groups excluding tert-OH is 2. The number of rotatable bonds is 38. The van der Waals surface area contributed by atoms with Crippen LogP contribution in [0.25, 0.3) is 0 Å². The number of unbranched alkanes of at least 4 members (excludes halogenated alkanes) is 18. The summed E-state index contributed by atoms with van der Waals surface area (Å²) in [6.45, 7) is 5.06. The van der Waals surface area contributed by atoms with Gasteiger partial charge in [0.05, 0.1) is 49.6 Å². The van der Waals surface area contributed by atoms with Crippen LogP contribution in [-0.4, -0.2) is 95.4 Å². The molecule has 2 rings (SSSR count). The van der Waals surface area contributed by atoms with Gasteiger partial charge >= 0.3 is 48.9 Å². The molecule has 59 heavy (non-hydrogen) atoms. The van der Waals surface area contributed by atoms with E-state index in [2.05, 4.69) is 13.8 Å². The Balaban J connectivity index is 0.00000112. The van der Waals surface area contributed by atoms with Crippen LogP contribution in [0.5, 0.6) is 0 Å². The Kier molecular flexibility index (Phi) is 41.2. The number of ether oxygens (including phenoxy) is 2. The predicted octanol–water partition coefficient (Wildman–Crippen LogP) is 9.95. The summed E-state index contributed by atoms with van der Waals surface area (Å²) in [5, 5.41) is 42.7. The number of carboxylic acid groups (broad SMARTS) is 2. The van der Waals surface area contributed by atoms with Crippen molar-refractivity contribution in [2.24, 2.45) is 0 Å². The van der Waals surface area contributed by atoms with Crippen molar-refractivity contribution in [3.8, 4) is 0 Å². The van der Waals surface area contributed by atoms with Gasteiger partial charge in [0.25, 0.3) is 0 Å². The van der Waals surface area contributed by atoms with Gasteiger partial charge in [-0.1, -0.05) is 216 Å². The maximum Gasteiger partial charge on any atom is 2.00 e. The normalized spacial score (nSPS) is 13.1. The zero-order valence-corrected chi connectivity index (χ0v) is 41.8. The summed E-state index contributed by atoms with van der Waals surface area (Å²) in [5.41, 5.74) is 1.93. The van der Waals surface area contributed by atoms with E-state index in [0.29, 0.717) is 26.1 Å². The minimum absolute atomic E-state index is 0. The number of carbonyl (C=O) groups excluding carboxylic acids is 2. The Morgan fingerprint density at radius 1 is 0.441 bits per heavy atom. The first-order valence-corrected chi connectivity index (χ1v) is 23.4. The van der Waals surface area contributed by atoms with Gasteiger partial charge in [0, 0.05) is 0 Å². The summed E-state index contributed by atoms with van der Waals surface area (Å²) in [6.07, 6.45) is 27.9. The van der Waals surface area contributed by atoms with E-state index in [1.165, 1.54) is 77.0 Å². The van der Waals surface area contributed by atoms with Gasteiger partial charge in [-0.25, -0.2) is 0 Å². The summed E-state index contributed by atoms with van der Waals surface area (Å²) in [7, 11) is 0. The zero-order valence-electron chi connectivity index (χ0n) is 37.3. The predicted molar refractivity (Wildman–Crippen MR) is 238 cm³/mol. The molecule has 0 fully saturated rings. The Hall–Kier alpha value is -1.21. The van der Waals surface area contributed by atoms with Crippen molar-refractivity contribution in [1.82, 2.24) is 0 Å². The molecule has 2 aromatic rings. The van der Waals surface area contributed by atoms with Crippen molar-refractivity contribution in [2.45, 2.75) is 231 Å². The van der Waals surface area contributed by atoms with E-state index < -0.39 is 24.1 Å². The molecule has 0 bridgehead atoms. The van der Waals surface area contributed by atoms with Crippen LogP contribution in [0.15, 0.2) is 60.7 Å². The monoisotopic (exact) mass is 949 g/mol. The molecule has 0 saturated carbocycles. The van der Waals surface area contributed by atoms with Crippen LogP contribution in [0.4, 0.5) is 0 Å². The van der Waals surface area contributed by atoms with Crippen molar-refractivity contribution in [3.63, 3.8) is 0 Å². The average molecular weight is 949 g/mol. The van der Waals surface area contributed by atoms with Gasteiger partial charge < -0.3 is 39.5 Å². The van der Waals surface area contributed by atoms with E-state index in [4.69, 9.17) is 9.47 Å². The fourth-order valence-corrected chi connectivity index (χ4v) is 7.17. The molecule has 8 nitrogen and oxygen atoms in total. The largest absolute Gasteiger partial charge is 2.00 e. The number of aliphatic carboxylic acids is 2. The Morgan fingerprint density at radius 2 is 0.695 bits per heavy atom. The number of aliphatic hydroxyl groups is 2. The third-order valence-electron chi connectivity index (χ3n) is 10.9. The Bertz CT molecular complexity index is 1110. The molecule has 332 valence electrons. The van der Waals surface area contributed by atoms with Crippen LogP contribution in [0.3, 0.4) is 0 Å². The van der Waals surface area contributed by atoms with Gasteiger partial charge in [0.1, 0.15) is 0 Å². The molecular weight excluding hydrogens is 866 g/mol. The van der Waals surface area contributed by atoms with Crippen molar-refractivity contribution < 1.29 is 39.5 Å². The van der Waals surface area contributed by atoms with Crippen molar-refractivity contribution >= 4 is 60.8 Å². The van der Waals surface area contributed by atoms with E-state index in [-0.39, 0.29) is 61.1 Å². The van der Waals surface area contributed by atoms with Crippen molar-refractivity contribution in [1.29, 1.82) is 0 Å². The fraction of sp³-hybridized carbons (Fsp3) is 0.720. The second-order valence-corrected chi connectivity index (χ2v) is 16.3. The van der Waals surface area contributed by atoms with Crippen molar-refractivity contribution in [2.75, 3.05) is 0 Å². The molecule has 0 aliphatic carbocycles. The van der Waals surface area contributed by atoms with Gasteiger partial charge in [0.2, 0.25) is 0 Å². The van der Waals surface area contributed by atoms with Crippen molar-refractivity contribution in [3.05, 3.63) is 71.8 Å². The fourth-order valence-electron chi connectivity index (χ4n) is 7.17. The molecule has 0 saturated heterocycles. The third kappa shape index (κ3) is 36.0.